The number of anilines is 2. The van der Waals surface area contributed by atoms with Crippen LogP contribution in [0.4, 0.5) is 10.8 Å². The number of aryl methyl sites for hydroxylation is 1. The van der Waals surface area contributed by atoms with E-state index in [0.29, 0.717) is 5.56 Å². The molecule has 1 heterocycles. The van der Waals surface area contributed by atoms with E-state index in [2.05, 4.69) is 25.0 Å². The molecule has 0 bridgehead atoms. The summed E-state index contributed by atoms with van der Waals surface area (Å²) < 4.78 is 31.6. The molecular weight excluding hydrogens is 416 g/mol. The van der Waals surface area contributed by atoms with E-state index >= 15 is 0 Å². The molecule has 2 aromatic carbocycles. The molecule has 0 aliphatic heterocycles. The van der Waals surface area contributed by atoms with E-state index in [1.165, 1.54) is 31.4 Å². The van der Waals surface area contributed by atoms with Crippen LogP contribution in [0.1, 0.15) is 26.3 Å². The quantitative estimate of drug-likeness (QED) is 0.453. The number of ether oxygens (including phenoxy) is 1. The van der Waals surface area contributed by atoms with Gasteiger partial charge in [0.1, 0.15) is 0 Å². The SMILES string of the molecule is COC(=O)c1ccc(NS(=O)(=O)c2nnc(NC(=O)c3ccccc3C)s2)cc1. The molecule has 0 spiro atoms. The molecule has 1 amide bonds. The van der Waals surface area contributed by atoms with Crippen LogP contribution < -0.4 is 10.0 Å². The Morgan fingerprint density at radius 2 is 1.72 bits per heavy atom. The van der Waals surface area contributed by atoms with E-state index in [1.807, 2.05) is 6.07 Å². The van der Waals surface area contributed by atoms with Gasteiger partial charge in [-0.3, -0.25) is 14.8 Å². The topological polar surface area (TPSA) is 127 Å². The van der Waals surface area contributed by atoms with Crippen LogP contribution in [0, 0.1) is 6.92 Å². The molecule has 0 radical (unpaired) electrons. The summed E-state index contributed by atoms with van der Waals surface area (Å²) in [5, 5.41) is 9.96. The highest BCUT2D eigenvalue weighted by Gasteiger charge is 2.22. The van der Waals surface area contributed by atoms with Crippen LogP contribution in [0.25, 0.3) is 0 Å². The lowest BCUT2D eigenvalue weighted by molar-refractivity contribution is 0.0600. The number of carbonyl (C=O) groups excluding carboxylic acids is 2. The van der Waals surface area contributed by atoms with E-state index in [-0.39, 0.29) is 20.7 Å². The maximum Gasteiger partial charge on any atom is 0.337 e. The minimum atomic E-state index is -4.01. The highest BCUT2D eigenvalue weighted by Crippen LogP contribution is 2.23. The van der Waals surface area contributed by atoms with Gasteiger partial charge >= 0.3 is 5.97 Å². The van der Waals surface area contributed by atoms with Gasteiger partial charge in [0.15, 0.2) is 0 Å². The molecule has 3 rings (SSSR count). The Bertz CT molecular complexity index is 1160. The summed E-state index contributed by atoms with van der Waals surface area (Å²) in [4.78, 5) is 23.8. The van der Waals surface area contributed by atoms with Gasteiger partial charge < -0.3 is 4.74 Å². The molecule has 1 aromatic heterocycles. The third kappa shape index (κ3) is 4.76. The number of methoxy groups -OCH3 is 1. The maximum atomic E-state index is 12.5. The second kappa shape index (κ2) is 8.37. The van der Waals surface area contributed by atoms with Gasteiger partial charge in [-0.1, -0.05) is 29.5 Å². The number of sulfonamides is 1. The van der Waals surface area contributed by atoms with Crippen molar-refractivity contribution < 1.29 is 22.7 Å². The number of aromatic nitrogens is 2. The zero-order valence-corrected chi connectivity index (χ0v) is 17.0. The minimum absolute atomic E-state index is 0.0552. The number of carbonyl (C=O) groups is 2. The van der Waals surface area contributed by atoms with Crippen molar-refractivity contribution in [2.75, 3.05) is 17.1 Å². The predicted octanol–water partition coefficient (Wildman–Crippen LogP) is 2.69. The van der Waals surface area contributed by atoms with Crippen LogP contribution in [0.5, 0.6) is 0 Å². The van der Waals surface area contributed by atoms with E-state index < -0.39 is 21.9 Å². The molecule has 0 saturated heterocycles. The number of amides is 1. The fourth-order valence-electron chi connectivity index (χ4n) is 2.35. The number of esters is 1. The number of benzene rings is 2. The lowest BCUT2D eigenvalue weighted by Gasteiger charge is -2.06. The first kappa shape index (κ1) is 20.4. The van der Waals surface area contributed by atoms with E-state index in [9.17, 15) is 18.0 Å². The first-order valence-electron chi connectivity index (χ1n) is 8.22. The summed E-state index contributed by atoms with van der Waals surface area (Å²) in [6.45, 7) is 1.79. The number of nitrogens with zero attached hydrogens (tertiary/aromatic N) is 2. The highest BCUT2D eigenvalue weighted by molar-refractivity contribution is 7.94. The van der Waals surface area contributed by atoms with E-state index in [0.717, 1.165) is 16.9 Å². The van der Waals surface area contributed by atoms with Crippen molar-refractivity contribution in [2.45, 2.75) is 11.3 Å². The Hall–Kier alpha value is -3.31. The van der Waals surface area contributed by atoms with Crippen molar-refractivity contribution in [3.8, 4) is 0 Å². The number of rotatable bonds is 6. The largest absolute Gasteiger partial charge is 0.465 e. The summed E-state index contributed by atoms with van der Waals surface area (Å²) in [6, 6.07) is 12.7. The van der Waals surface area contributed by atoms with Crippen LogP contribution in [-0.2, 0) is 14.8 Å². The van der Waals surface area contributed by atoms with Crippen molar-refractivity contribution in [3.63, 3.8) is 0 Å². The minimum Gasteiger partial charge on any atom is -0.465 e. The predicted molar refractivity (Wildman–Crippen MR) is 108 cm³/mol. The highest BCUT2D eigenvalue weighted by atomic mass is 32.2. The zero-order valence-electron chi connectivity index (χ0n) is 15.4. The Balaban J connectivity index is 1.72. The van der Waals surface area contributed by atoms with Gasteiger partial charge in [-0.25, -0.2) is 4.79 Å². The number of hydrogen-bond acceptors (Lipinski definition) is 8. The van der Waals surface area contributed by atoms with E-state index in [4.69, 9.17) is 0 Å². The Labute approximate surface area is 170 Å². The molecule has 0 unspecified atom stereocenters. The van der Waals surface area contributed by atoms with Crippen molar-refractivity contribution in [2.24, 2.45) is 0 Å². The van der Waals surface area contributed by atoms with Gasteiger partial charge in [-0.05, 0) is 42.8 Å². The molecule has 0 aliphatic carbocycles. The van der Waals surface area contributed by atoms with Crippen molar-refractivity contribution >= 4 is 44.1 Å². The van der Waals surface area contributed by atoms with Crippen molar-refractivity contribution in [3.05, 3.63) is 65.2 Å². The molecule has 3 aromatic rings. The smallest absolute Gasteiger partial charge is 0.337 e. The fourth-order valence-corrected chi connectivity index (χ4v) is 4.31. The summed E-state index contributed by atoms with van der Waals surface area (Å²) in [6.07, 6.45) is 0. The Morgan fingerprint density at radius 1 is 1.03 bits per heavy atom. The average molecular weight is 432 g/mol. The first-order chi connectivity index (χ1) is 13.8. The summed E-state index contributed by atoms with van der Waals surface area (Å²) in [7, 11) is -2.76. The van der Waals surface area contributed by atoms with Crippen LogP contribution in [0.15, 0.2) is 52.9 Å². The monoisotopic (exact) mass is 432 g/mol. The number of nitrogens with one attached hydrogen (secondary N) is 2. The van der Waals surface area contributed by atoms with Gasteiger partial charge in [0, 0.05) is 11.3 Å². The Morgan fingerprint density at radius 3 is 2.38 bits per heavy atom. The maximum absolute atomic E-state index is 12.5. The molecule has 11 heteroatoms. The molecule has 29 heavy (non-hydrogen) atoms. The molecule has 150 valence electrons. The molecular formula is C18H16N4O5S2. The fraction of sp³-hybridized carbons (Fsp3) is 0.111. The van der Waals surface area contributed by atoms with Gasteiger partial charge in [-0.2, -0.15) is 8.42 Å². The van der Waals surface area contributed by atoms with Crippen molar-refractivity contribution in [1.29, 1.82) is 0 Å². The average Bonchev–Trinajstić information content (AvgIpc) is 3.17. The molecule has 0 fully saturated rings. The van der Waals surface area contributed by atoms with Crippen LogP contribution in [0.3, 0.4) is 0 Å². The Kier molecular flexibility index (Phi) is 5.89. The molecule has 0 aliphatic rings. The summed E-state index contributed by atoms with van der Waals surface area (Å²) in [5.74, 6) is -0.938. The zero-order chi connectivity index (χ0) is 21.0. The van der Waals surface area contributed by atoms with Gasteiger partial charge in [0.05, 0.1) is 12.7 Å². The first-order valence-corrected chi connectivity index (χ1v) is 10.5. The lowest BCUT2D eigenvalue weighted by Crippen LogP contribution is -2.13. The normalized spacial score (nSPS) is 11.0. The number of hydrogen-bond donors (Lipinski definition) is 2. The van der Waals surface area contributed by atoms with Crippen LogP contribution in [-0.4, -0.2) is 37.6 Å². The van der Waals surface area contributed by atoms with Gasteiger partial charge in [0.2, 0.25) is 5.13 Å². The standard InChI is InChI=1S/C18H16N4O5S2/c1-11-5-3-4-6-14(11)15(23)19-17-20-21-18(28-17)29(25,26)22-13-9-7-12(8-10-13)16(24)27-2/h3-10,22H,1-2H3,(H,19,20,23). The van der Waals surface area contributed by atoms with Gasteiger partial charge in [0.25, 0.3) is 20.3 Å². The van der Waals surface area contributed by atoms with Crippen molar-refractivity contribution in [1.82, 2.24) is 10.2 Å². The van der Waals surface area contributed by atoms with E-state index in [1.54, 1.807) is 25.1 Å². The van der Waals surface area contributed by atoms with Gasteiger partial charge in [-0.15, -0.1) is 10.2 Å². The molecule has 0 saturated carbocycles. The molecule has 0 atom stereocenters. The summed E-state index contributed by atoms with van der Waals surface area (Å²) in [5.41, 5.74) is 1.75. The second-order valence-corrected chi connectivity index (χ2v) is 8.65. The van der Waals surface area contributed by atoms with Crippen LogP contribution >= 0.6 is 11.3 Å². The second-order valence-electron chi connectivity index (χ2n) is 5.82. The van der Waals surface area contributed by atoms with Crippen LogP contribution in [0.2, 0.25) is 0 Å². The third-order valence-corrected chi connectivity index (χ3v) is 6.39. The lowest BCUT2D eigenvalue weighted by atomic mass is 10.1. The third-order valence-electron chi connectivity index (χ3n) is 3.80. The molecule has 2 N–H and O–H groups in total. The molecule has 9 nitrogen and oxygen atoms in total. The summed E-state index contributed by atoms with van der Waals surface area (Å²) >= 11 is 0.721.